The summed E-state index contributed by atoms with van der Waals surface area (Å²) in [5, 5.41) is 18.6. The number of aliphatic hydroxyl groups excluding tert-OH is 2. The van der Waals surface area contributed by atoms with Gasteiger partial charge in [0.2, 0.25) is 0 Å². The van der Waals surface area contributed by atoms with E-state index in [-0.39, 0.29) is 42.9 Å². The van der Waals surface area contributed by atoms with E-state index in [0.717, 1.165) is 143 Å². The molecular weight excluding hydrogens is 1480 g/mol. The van der Waals surface area contributed by atoms with Gasteiger partial charge in [-0.1, -0.05) is 283 Å². The van der Waals surface area contributed by atoms with Gasteiger partial charge in [0.15, 0.2) is 0 Å². The zero-order valence-electron chi connectivity index (χ0n) is 96.6. The van der Waals surface area contributed by atoms with Gasteiger partial charge in [-0.15, -0.1) is 0 Å². The van der Waals surface area contributed by atoms with Crippen molar-refractivity contribution in [1.29, 1.82) is 0 Å². The zero-order chi connectivity index (χ0) is 104. The van der Waals surface area contributed by atoms with Crippen molar-refractivity contribution < 1.29 is 59.3 Å². The lowest BCUT2D eigenvalue weighted by Crippen LogP contribution is -2.55. The minimum absolute atomic E-state index is 0.00431. The van der Waals surface area contributed by atoms with Crippen LogP contribution in [-0.4, -0.2) is 181 Å². The van der Waals surface area contributed by atoms with Crippen LogP contribution in [0.15, 0.2) is 146 Å². The fraction of sp³-hybridized carbons (Fsp3) is 0.667. The number of piperidine rings is 2. The van der Waals surface area contributed by atoms with Crippen molar-refractivity contribution in [3.05, 3.63) is 212 Å². The van der Waals surface area contributed by atoms with Gasteiger partial charge in [-0.05, 0) is 256 Å². The summed E-state index contributed by atoms with van der Waals surface area (Å²) in [5.74, 6) is -0.972. The topological polar surface area (TPSA) is 96.8 Å². The summed E-state index contributed by atoms with van der Waals surface area (Å²) in [6, 6.07) is 48.4. The van der Waals surface area contributed by atoms with Crippen molar-refractivity contribution in [2.24, 2.45) is 10.8 Å². The number of nitrogens with zero attached hydrogens (tertiary/aromatic N) is 6. The fourth-order valence-electron chi connectivity index (χ4n) is 22.6. The van der Waals surface area contributed by atoms with Crippen molar-refractivity contribution in [2.45, 2.75) is 357 Å². The van der Waals surface area contributed by atoms with Crippen LogP contribution < -0.4 is 0 Å². The lowest BCUT2D eigenvalue weighted by Gasteiger charge is -2.52. The Balaban J connectivity index is 0.000000144. The van der Waals surface area contributed by atoms with E-state index in [2.05, 4.69) is 98.6 Å². The number of hydrogen-bond acceptors (Lipinski definition) is 12. The molecule has 0 amide bonds. The molecule has 12 nitrogen and oxygen atoms in total. The van der Waals surface area contributed by atoms with Crippen LogP contribution in [0.5, 0.6) is 0 Å². The van der Waals surface area contributed by atoms with Crippen LogP contribution in [0, 0.1) is 38.5 Å². The summed E-state index contributed by atoms with van der Waals surface area (Å²) >= 11 is 0. The molecule has 6 heterocycles. The SMILES string of the molecule is Cc1ccc(C2CN(C)CCC23CCCCC3)cc1.[2H]C([2H])([2H])N1C([2H])(C)OC2(CCCCC2)C(c2ccc(C)cc2)C1([2H])[2H].[2H]C([2H])([2H])N1C([2H])(C)OC2(CCCCC2)C(c2ccc(CO)cc2)C1([2H])[2H].[2H]C([2H])([2H])N1CC(c2ccc(C)cc2)C2(CCCCC2)OC1([2H])C.[2H]C([2H])([2H])N1CC(c2ccc(CO)cc2)C2(CCCCC2)OC1([2H])C.[2H]C1([2H])C(c2ccc(C)cc2)C2(CCCCC2)CCN1C. The van der Waals surface area contributed by atoms with Crippen LogP contribution in [0.25, 0.3) is 0 Å². The van der Waals surface area contributed by atoms with E-state index in [4.69, 9.17) is 49.1 Å². The summed E-state index contributed by atoms with van der Waals surface area (Å²) in [6.07, 6.45) is 27.0. The normalized spacial score (nSPS) is 36.1. The number of likely N-dealkylation sites (N-methyl/N-ethyl adjacent to an activating group) is 6. The number of hydrogen-bond donors (Lipinski definition) is 2. The molecule has 0 aromatic heterocycles. The quantitative estimate of drug-likeness (QED) is 0.152. The van der Waals surface area contributed by atoms with Gasteiger partial charge in [0, 0.05) is 99.3 Å². The van der Waals surface area contributed by atoms with E-state index in [1.54, 1.807) is 43.7 Å². The van der Waals surface area contributed by atoms with Crippen LogP contribution in [0.1, 0.15) is 366 Å². The average molecular weight is 1660 g/mol. The first-order valence-electron chi connectivity index (χ1n) is 57.3. The second-order valence-corrected chi connectivity index (χ2v) is 38.2. The highest BCUT2D eigenvalue weighted by Crippen LogP contribution is 2.56. The molecule has 0 radical (unpaired) electrons. The van der Waals surface area contributed by atoms with Crippen LogP contribution in [0.4, 0.5) is 0 Å². The maximum Gasteiger partial charge on any atom is 0.108 e. The summed E-state index contributed by atoms with van der Waals surface area (Å²) in [4.78, 5) is 8.07. The van der Waals surface area contributed by atoms with E-state index in [9.17, 15) is 10.2 Å². The number of benzene rings is 6. The minimum Gasteiger partial charge on any atom is -0.392 e. The van der Waals surface area contributed by atoms with Crippen LogP contribution in [0.3, 0.4) is 0 Å². The third kappa shape index (κ3) is 22.4. The van der Waals surface area contributed by atoms with Crippen molar-refractivity contribution in [1.82, 2.24) is 29.4 Å². The highest BCUT2D eigenvalue weighted by atomic mass is 16.5. The Bertz CT molecular complexity index is 5000. The molecule has 6 aromatic rings. The van der Waals surface area contributed by atoms with Gasteiger partial charge in [0.25, 0.3) is 0 Å². The van der Waals surface area contributed by atoms with Crippen molar-refractivity contribution in [3.8, 4) is 0 Å². The molecule has 12 heteroatoms. The van der Waals surface area contributed by atoms with E-state index >= 15 is 0 Å². The van der Waals surface area contributed by atoms with E-state index < -0.39 is 106 Å². The van der Waals surface area contributed by atoms with Gasteiger partial charge in [0.05, 0.1) is 41.1 Å². The monoisotopic (exact) mass is 1660 g/mol. The summed E-state index contributed by atoms with van der Waals surface area (Å²) < 4.78 is 206. The third-order valence-corrected chi connectivity index (χ3v) is 29.8. The lowest BCUT2D eigenvalue weighted by molar-refractivity contribution is -0.205. The van der Waals surface area contributed by atoms with Crippen molar-refractivity contribution in [2.75, 3.05) is 94.2 Å². The molecule has 6 aromatic carbocycles. The fourth-order valence-corrected chi connectivity index (χ4v) is 22.6. The Morgan fingerprint density at radius 3 is 0.858 bits per heavy atom. The Kier molecular flexibility index (Phi) is 23.8. The standard InChI is InChI=1S/2C18H27NO2.2C18H27NO.2C18H27N/c2*1-14-19(2)12-17(16-8-6-15(13-20)7-9-16)18(21-14)10-4-3-5-11-18;2*1-14-7-9-16(10-8-14)17-13-19(3)15(2)20-18(17)11-5-4-6-12-18;2*1-15-6-8-16(9-7-15)17-14-19(2)13-12-18(17)10-4-3-5-11-18/h2*6-9,14,17,20H,3-5,10-13H2,1-2H3;2*7-10,15,17H,4-6,11-13H2,1-3H3;2*6-9,17H,3-5,10-14H2,1-2H3/i2D3,12D2,14D;2D3,14D;3D3,13D2,15D;3D3,15D;14D2;. The largest absolute Gasteiger partial charge is 0.392 e. The molecule has 18 rings (SSSR count). The van der Waals surface area contributed by atoms with Gasteiger partial charge in [-0.2, -0.15) is 0 Å². The number of aliphatic hydroxyl groups is 2. The first kappa shape index (κ1) is 67.2. The van der Waals surface area contributed by atoms with Gasteiger partial charge in [-0.25, -0.2) is 0 Å². The van der Waals surface area contributed by atoms with Crippen molar-refractivity contribution in [3.63, 3.8) is 0 Å². The molecule has 6 saturated heterocycles. The minimum atomic E-state index is -2.82. The molecular formula is C108H162N6O6. The van der Waals surface area contributed by atoms with E-state index in [1.165, 1.54) is 136 Å². The van der Waals surface area contributed by atoms with Gasteiger partial charge >= 0.3 is 0 Å². The molecule has 6 aliphatic carbocycles. The van der Waals surface area contributed by atoms with E-state index in [0.29, 0.717) is 58.6 Å². The second-order valence-electron chi connectivity index (χ2n) is 38.2. The molecule has 6 saturated carbocycles. The first-order chi connectivity index (χ1) is 66.3. The molecule has 10 atom stereocenters. The number of ether oxygens (including phenoxy) is 4. The highest BCUT2D eigenvalue weighted by molar-refractivity contribution is 5.35. The van der Waals surface area contributed by atoms with Crippen LogP contribution in [-0.2, 0) is 32.2 Å². The molecule has 120 heavy (non-hydrogen) atoms. The Morgan fingerprint density at radius 1 is 0.300 bits per heavy atom. The van der Waals surface area contributed by atoms with Gasteiger partial charge in [-0.3, -0.25) is 19.6 Å². The number of rotatable bonds is 8. The zero-order valence-corrected chi connectivity index (χ0v) is 74.6. The summed E-state index contributed by atoms with van der Waals surface area (Å²) in [6.45, 7) is 1.86. The molecule has 10 unspecified atom stereocenters. The maximum absolute atomic E-state index is 9.29. The Morgan fingerprint density at radius 2 is 0.550 bits per heavy atom. The predicted molar refractivity (Wildman–Crippen MR) is 497 cm³/mol. The van der Waals surface area contributed by atoms with E-state index in [1.807, 2.05) is 74.3 Å². The maximum atomic E-state index is 9.29. The Hall–Kier alpha value is -5.16. The lowest BCUT2D eigenvalue weighted by atomic mass is 9.60. The Labute approximate surface area is 759 Å². The second kappa shape index (κ2) is 42.4. The summed E-state index contributed by atoms with van der Waals surface area (Å²) in [5.41, 5.74) is 10.7. The van der Waals surface area contributed by atoms with Crippen LogP contribution >= 0.6 is 0 Å². The van der Waals surface area contributed by atoms with Crippen LogP contribution in [0.2, 0.25) is 0 Å². The molecule has 660 valence electrons. The summed E-state index contributed by atoms with van der Waals surface area (Å²) in [7, 11) is 4.23. The van der Waals surface area contributed by atoms with Gasteiger partial charge < -0.3 is 39.0 Å². The molecule has 6 spiro atoms. The van der Waals surface area contributed by atoms with Crippen molar-refractivity contribution >= 4 is 0 Å². The third-order valence-electron chi connectivity index (χ3n) is 29.8. The molecule has 12 aliphatic rings. The molecule has 2 N–H and O–H groups in total. The number of aryl methyl sites for hydroxylation is 4. The smallest absolute Gasteiger partial charge is 0.108 e. The number of likely N-dealkylation sites (tertiary alicyclic amines) is 2. The predicted octanol–water partition coefficient (Wildman–Crippen LogP) is 23.5. The van der Waals surface area contributed by atoms with Gasteiger partial charge in [0.1, 0.15) is 24.8 Å². The molecule has 12 fully saturated rings. The average Bonchev–Trinajstić information content (AvgIpc) is 0.697. The first-order valence-corrected chi connectivity index (χ1v) is 46.3. The molecule has 6 aliphatic heterocycles. The molecule has 0 bridgehead atoms. The highest BCUT2D eigenvalue weighted by Gasteiger charge is 2.52.